The molecule has 154 valence electrons. The average molecular weight is 383 g/mol. The van der Waals surface area contributed by atoms with Gasteiger partial charge >= 0.3 is 12.0 Å². The molecule has 0 heterocycles. The number of rotatable bonds is 9. The Hall–Kier alpha value is -1.83. The number of hydrogen-bond donors (Lipinski definition) is 5. The molecule has 0 saturated heterocycles. The Labute approximate surface area is 161 Å². The van der Waals surface area contributed by atoms with E-state index < -0.39 is 18.0 Å². The maximum Gasteiger partial charge on any atom is 0.326 e. The van der Waals surface area contributed by atoms with E-state index in [9.17, 15) is 19.5 Å². The second kappa shape index (κ2) is 8.46. The first kappa shape index (κ1) is 21.5. The predicted molar refractivity (Wildman–Crippen MR) is 102 cm³/mol. The highest BCUT2D eigenvalue weighted by Crippen LogP contribution is 2.65. The molecule has 8 nitrogen and oxygen atoms in total. The van der Waals surface area contributed by atoms with Gasteiger partial charge in [-0.05, 0) is 61.8 Å². The number of urea groups is 1. The van der Waals surface area contributed by atoms with E-state index in [1.807, 2.05) is 0 Å². The van der Waals surface area contributed by atoms with Gasteiger partial charge < -0.3 is 26.8 Å². The molecule has 3 amide bonds. The summed E-state index contributed by atoms with van der Waals surface area (Å²) < 4.78 is 0. The van der Waals surface area contributed by atoms with Gasteiger partial charge in [0, 0.05) is 6.04 Å². The van der Waals surface area contributed by atoms with Gasteiger partial charge in [-0.1, -0.05) is 20.8 Å². The summed E-state index contributed by atoms with van der Waals surface area (Å²) in [5, 5.41) is 17.1. The molecular formula is C19H34N4O4. The fourth-order valence-corrected chi connectivity index (χ4v) is 4.79. The Morgan fingerprint density at radius 1 is 1.22 bits per heavy atom. The van der Waals surface area contributed by atoms with Crippen LogP contribution in [0.4, 0.5) is 4.79 Å². The molecule has 0 aromatic heterocycles. The third-order valence-corrected chi connectivity index (χ3v) is 7.09. The lowest BCUT2D eigenvalue weighted by atomic mass is 9.69. The number of hydrogen-bond acceptors (Lipinski definition) is 4. The predicted octanol–water partition coefficient (Wildman–Crippen LogP) is 1.20. The van der Waals surface area contributed by atoms with E-state index >= 15 is 0 Å². The molecule has 8 heteroatoms. The van der Waals surface area contributed by atoms with Crippen LogP contribution in [0.25, 0.3) is 0 Å². The summed E-state index contributed by atoms with van der Waals surface area (Å²) in [7, 11) is 0. The zero-order valence-electron chi connectivity index (χ0n) is 16.6. The highest BCUT2D eigenvalue weighted by molar-refractivity contribution is 5.86. The molecule has 0 aromatic rings. The number of carbonyl (C=O) groups is 3. The molecule has 27 heavy (non-hydrogen) atoms. The van der Waals surface area contributed by atoms with Gasteiger partial charge in [0.05, 0.1) is 6.54 Å². The molecule has 1 unspecified atom stereocenters. The molecule has 0 aliphatic heterocycles. The van der Waals surface area contributed by atoms with Gasteiger partial charge in [0.2, 0.25) is 5.91 Å². The standard InChI is InChI=1S/C19H34N4O4/c1-18(2)12-7-8-19(18,3)14(10-12)23-15(24)11-21-17(27)22-13(16(25)26)6-4-5-9-20/h12-14H,4-11,20H2,1-3H3,(H,23,24)(H,25,26)(H2,21,22,27)/t12-,13?,14+,19+/m1/s1. The van der Waals surface area contributed by atoms with Gasteiger partial charge in [0.15, 0.2) is 0 Å². The van der Waals surface area contributed by atoms with Crippen molar-refractivity contribution in [3.05, 3.63) is 0 Å². The number of fused-ring (bicyclic) bond motifs is 2. The number of carboxylic acid groups (broad SMARTS) is 1. The molecule has 0 spiro atoms. The zero-order chi connectivity index (χ0) is 20.2. The van der Waals surface area contributed by atoms with Crippen LogP contribution in [0.15, 0.2) is 0 Å². The average Bonchev–Trinajstić information content (AvgIpc) is 2.92. The van der Waals surface area contributed by atoms with E-state index in [0.29, 0.717) is 31.7 Å². The highest BCUT2D eigenvalue weighted by Gasteiger charge is 2.61. The normalized spacial score (nSPS) is 29.2. The fourth-order valence-electron chi connectivity index (χ4n) is 4.79. The number of nitrogens with two attached hydrogens (primary N) is 1. The highest BCUT2D eigenvalue weighted by atomic mass is 16.4. The number of unbranched alkanes of at least 4 members (excludes halogenated alkanes) is 1. The summed E-state index contributed by atoms with van der Waals surface area (Å²) in [6.07, 6.45) is 4.91. The van der Waals surface area contributed by atoms with Crippen LogP contribution in [0.2, 0.25) is 0 Å². The largest absolute Gasteiger partial charge is 0.480 e. The van der Waals surface area contributed by atoms with Crippen molar-refractivity contribution >= 4 is 17.9 Å². The summed E-state index contributed by atoms with van der Waals surface area (Å²) >= 11 is 0. The van der Waals surface area contributed by atoms with Crippen LogP contribution in [-0.4, -0.2) is 48.2 Å². The molecule has 0 radical (unpaired) electrons. The SMILES string of the molecule is CC1(C)[C@@H]2CC[C@@]1(C)[C@@H](NC(=O)CNC(=O)NC(CCCCN)C(=O)O)C2. The maximum atomic E-state index is 12.3. The Morgan fingerprint density at radius 2 is 1.93 bits per heavy atom. The minimum Gasteiger partial charge on any atom is -0.480 e. The molecule has 2 saturated carbocycles. The van der Waals surface area contributed by atoms with Crippen LogP contribution in [0, 0.1) is 16.7 Å². The summed E-state index contributed by atoms with van der Waals surface area (Å²) in [5.74, 6) is -0.715. The van der Waals surface area contributed by atoms with Crippen molar-refractivity contribution in [2.24, 2.45) is 22.5 Å². The Balaban J connectivity index is 1.77. The van der Waals surface area contributed by atoms with Gasteiger partial charge in [0.25, 0.3) is 0 Å². The number of amides is 3. The lowest BCUT2D eigenvalue weighted by molar-refractivity contribution is -0.139. The molecule has 0 aromatic carbocycles. The van der Waals surface area contributed by atoms with E-state index in [0.717, 1.165) is 12.8 Å². The van der Waals surface area contributed by atoms with E-state index in [1.165, 1.54) is 6.42 Å². The van der Waals surface area contributed by atoms with Gasteiger partial charge in [-0.15, -0.1) is 0 Å². The molecular weight excluding hydrogens is 348 g/mol. The van der Waals surface area contributed by atoms with Crippen molar-refractivity contribution in [3.8, 4) is 0 Å². The Bertz CT molecular complexity index is 580. The second-order valence-corrected chi connectivity index (χ2v) is 8.73. The van der Waals surface area contributed by atoms with E-state index in [4.69, 9.17) is 5.73 Å². The van der Waals surface area contributed by atoms with Crippen LogP contribution < -0.4 is 21.7 Å². The lowest BCUT2D eigenvalue weighted by Crippen LogP contribution is -2.52. The number of carboxylic acids is 1. The number of carbonyl (C=O) groups excluding carboxylic acids is 2. The molecule has 2 fully saturated rings. The van der Waals surface area contributed by atoms with Gasteiger partial charge in [-0.3, -0.25) is 4.79 Å². The smallest absolute Gasteiger partial charge is 0.326 e. The Kier molecular flexibility index (Phi) is 6.72. The van der Waals surface area contributed by atoms with Gasteiger partial charge in [0.1, 0.15) is 6.04 Å². The summed E-state index contributed by atoms with van der Waals surface area (Å²) in [6.45, 7) is 7.11. The zero-order valence-corrected chi connectivity index (χ0v) is 16.6. The van der Waals surface area contributed by atoms with E-state index in [-0.39, 0.29) is 29.3 Å². The summed E-state index contributed by atoms with van der Waals surface area (Å²) in [5.41, 5.74) is 5.68. The van der Waals surface area contributed by atoms with Crippen molar-refractivity contribution in [2.45, 2.75) is 71.4 Å². The minimum absolute atomic E-state index is 0.0764. The molecule has 2 aliphatic carbocycles. The quantitative estimate of drug-likeness (QED) is 0.382. The fraction of sp³-hybridized carbons (Fsp3) is 0.842. The molecule has 6 N–H and O–H groups in total. The van der Waals surface area contributed by atoms with Crippen LogP contribution >= 0.6 is 0 Å². The van der Waals surface area contributed by atoms with Crippen molar-refractivity contribution in [1.29, 1.82) is 0 Å². The topological polar surface area (TPSA) is 134 Å². The first-order chi connectivity index (χ1) is 12.6. The van der Waals surface area contributed by atoms with Crippen molar-refractivity contribution in [2.75, 3.05) is 13.1 Å². The van der Waals surface area contributed by atoms with Crippen molar-refractivity contribution in [3.63, 3.8) is 0 Å². The minimum atomic E-state index is -1.09. The van der Waals surface area contributed by atoms with Crippen molar-refractivity contribution in [1.82, 2.24) is 16.0 Å². The third-order valence-electron chi connectivity index (χ3n) is 7.09. The summed E-state index contributed by atoms with van der Waals surface area (Å²) in [6, 6.07) is -1.51. The first-order valence-electron chi connectivity index (χ1n) is 9.88. The molecule has 2 rings (SSSR count). The Morgan fingerprint density at radius 3 is 2.44 bits per heavy atom. The molecule has 2 bridgehead atoms. The first-order valence-corrected chi connectivity index (χ1v) is 9.88. The summed E-state index contributed by atoms with van der Waals surface area (Å²) in [4.78, 5) is 35.4. The van der Waals surface area contributed by atoms with Crippen molar-refractivity contribution < 1.29 is 19.5 Å². The van der Waals surface area contributed by atoms with Crippen LogP contribution in [0.5, 0.6) is 0 Å². The van der Waals surface area contributed by atoms with Crippen LogP contribution in [-0.2, 0) is 9.59 Å². The van der Waals surface area contributed by atoms with E-state index in [1.54, 1.807) is 0 Å². The lowest BCUT2D eigenvalue weighted by Gasteiger charge is -2.39. The second-order valence-electron chi connectivity index (χ2n) is 8.73. The monoisotopic (exact) mass is 382 g/mol. The maximum absolute atomic E-state index is 12.3. The number of aliphatic carboxylic acids is 1. The van der Waals surface area contributed by atoms with E-state index in [2.05, 4.69) is 36.7 Å². The van der Waals surface area contributed by atoms with Crippen LogP contribution in [0.3, 0.4) is 0 Å². The van der Waals surface area contributed by atoms with Crippen LogP contribution in [0.1, 0.15) is 59.3 Å². The molecule has 4 atom stereocenters. The third kappa shape index (κ3) is 4.54. The van der Waals surface area contributed by atoms with Gasteiger partial charge in [-0.2, -0.15) is 0 Å². The van der Waals surface area contributed by atoms with Gasteiger partial charge in [-0.25, -0.2) is 9.59 Å². The number of nitrogens with one attached hydrogen (secondary N) is 3. The molecule has 2 aliphatic rings.